The summed E-state index contributed by atoms with van der Waals surface area (Å²) in [5.74, 6) is -1.52. The molecule has 2 heterocycles. The number of benzene rings is 1. The van der Waals surface area contributed by atoms with Gasteiger partial charge in [0, 0.05) is 12.6 Å². The molecule has 0 radical (unpaired) electrons. The smallest absolute Gasteiger partial charge is 0.334 e. The number of aromatic amines is 1. The summed E-state index contributed by atoms with van der Waals surface area (Å²) < 4.78 is 39.7. The molecule has 126 valence electrons. The fourth-order valence-corrected chi connectivity index (χ4v) is 2.43. The second-order valence-corrected chi connectivity index (χ2v) is 5.44. The Hall–Kier alpha value is -2.84. The van der Waals surface area contributed by atoms with Crippen LogP contribution in [0.15, 0.2) is 18.2 Å². The molecule has 1 amide bonds. The molecule has 0 saturated carbocycles. The van der Waals surface area contributed by atoms with E-state index in [1.54, 1.807) is 18.7 Å². The van der Waals surface area contributed by atoms with Crippen LogP contribution >= 0.6 is 0 Å². The molecule has 0 saturated heterocycles. The summed E-state index contributed by atoms with van der Waals surface area (Å²) in [5, 5.41) is 6.94. The topological polar surface area (TPSA) is 75.6 Å². The van der Waals surface area contributed by atoms with Crippen LogP contribution in [0, 0.1) is 13.8 Å². The number of anilines is 1. The van der Waals surface area contributed by atoms with Crippen molar-refractivity contribution in [2.75, 3.05) is 5.32 Å². The van der Waals surface area contributed by atoms with Gasteiger partial charge in [0.15, 0.2) is 0 Å². The van der Waals surface area contributed by atoms with Crippen molar-refractivity contribution in [2.45, 2.75) is 20.0 Å². The first-order valence-electron chi connectivity index (χ1n) is 7.05. The minimum absolute atomic E-state index is 0.146. The number of hydrogen-bond acceptors (Lipinski definition) is 3. The van der Waals surface area contributed by atoms with Crippen LogP contribution < -0.4 is 5.32 Å². The number of H-pyrrole nitrogens is 1. The van der Waals surface area contributed by atoms with Crippen LogP contribution in [0.2, 0.25) is 0 Å². The zero-order valence-electron chi connectivity index (χ0n) is 13.1. The van der Waals surface area contributed by atoms with E-state index in [2.05, 4.69) is 20.4 Å². The second-order valence-electron chi connectivity index (χ2n) is 5.44. The van der Waals surface area contributed by atoms with Gasteiger partial charge < -0.3 is 10.3 Å². The molecule has 0 bridgehead atoms. The molecule has 9 heteroatoms. The van der Waals surface area contributed by atoms with E-state index in [9.17, 15) is 18.0 Å². The third-order valence-electron chi connectivity index (χ3n) is 3.76. The van der Waals surface area contributed by atoms with Crippen LogP contribution in [0.5, 0.6) is 0 Å². The SMILES string of the molecule is Cc1nn(C)c(C)c1NC(=O)c1ccc2nc(C(F)(F)F)[nH]c2c1. The molecule has 24 heavy (non-hydrogen) atoms. The maximum Gasteiger partial charge on any atom is 0.449 e. The summed E-state index contributed by atoms with van der Waals surface area (Å²) in [7, 11) is 1.76. The molecule has 0 unspecified atom stereocenters. The maximum atomic E-state index is 12.7. The third-order valence-corrected chi connectivity index (χ3v) is 3.76. The molecule has 0 spiro atoms. The van der Waals surface area contributed by atoms with Gasteiger partial charge in [-0.05, 0) is 32.0 Å². The van der Waals surface area contributed by atoms with Crippen molar-refractivity contribution < 1.29 is 18.0 Å². The molecule has 0 aliphatic rings. The number of nitrogens with one attached hydrogen (secondary N) is 2. The van der Waals surface area contributed by atoms with E-state index in [1.807, 2.05) is 6.92 Å². The lowest BCUT2D eigenvalue weighted by atomic mass is 10.2. The maximum absolute atomic E-state index is 12.7. The zero-order chi connectivity index (χ0) is 17.6. The van der Waals surface area contributed by atoms with E-state index >= 15 is 0 Å². The number of aryl methyl sites for hydroxylation is 2. The van der Waals surface area contributed by atoms with E-state index in [-0.39, 0.29) is 16.6 Å². The zero-order valence-corrected chi connectivity index (χ0v) is 13.1. The van der Waals surface area contributed by atoms with Crippen molar-refractivity contribution in [3.05, 3.63) is 41.0 Å². The van der Waals surface area contributed by atoms with Crippen molar-refractivity contribution in [3.63, 3.8) is 0 Å². The minimum atomic E-state index is -4.56. The Morgan fingerprint density at radius 1 is 1.29 bits per heavy atom. The molecule has 1 aromatic carbocycles. The summed E-state index contributed by atoms with van der Waals surface area (Å²) in [4.78, 5) is 18.0. The van der Waals surface area contributed by atoms with Crippen LogP contribution in [-0.4, -0.2) is 25.7 Å². The fourth-order valence-electron chi connectivity index (χ4n) is 2.43. The molecular weight excluding hydrogens is 323 g/mol. The fraction of sp³-hybridized carbons (Fsp3) is 0.267. The first-order valence-corrected chi connectivity index (χ1v) is 7.05. The third kappa shape index (κ3) is 2.72. The number of hydrogen-bond donors (Lipinski definition) is 2. The van der Waals surface area contributed by atoms with Gasteiger partial charge in [0.1, 0.15) is 0 Å². The Morgan fingerprint density at radius 2 is 2.00 bits per heavy atom. The first-order chi connectivity index (χ1) is 11.2. The van der Waals surface area contributed by atoms with Gasteiger partial charge in [-0.25, -0.2) is 4.98 Å². The van der Waals surface area contributed by atoms with Crippen LogP contribution in [0.1, 0.15) is 27.6 Å². The Bertz CT molecular complexity index is 939. The van der Waals surface area contributed by atoms with Gasteiger partial charge in [0.25, 0.3) is 5.91 Å². The van der Waals surface area contributed by atoms with Crippen molar-refractivity contribution in [3.8, 4) is 0 Å². The lowest BCUT2D eigenvalue weighted by Gasteiger charge is -2.05. The minimum Gasteiger partial charge on any atom is -0.334 e. The predicted molar refractivity (Wildman–Crippen MR) is 81.7 cm³/mol. The van der Waals surface area contributed by atoms with Crippen LogP contribution in [-0.2, 0) is 13.2 Å². The van der Waals surface area contributed by atoms with Gasteiger partial charge in [-0.3, -0.25) is 9.48 Å². The Balaban J connectivity index is 1.92. The van der Waals surface area contributed by atoms with E-state index < -0.39 is 17.9 Å². The summed E-state index contributed by atoms with van der Waals surface area (Å²) in [6.45, 7) is 3.57. The van der Waals surface area contributed by atoms with Gasteiger partial charge >= 0.3 is 6.18 Å². The largest absolute Gasteiger partial charge is 0.449 e. The average Bonchev–Trinajstić information content (AvgIpc) is 3.03. The van der Waals surface area contributed by atoms with Crippen LogP contribution in [0.4, 0.5) is 18.9 Å². The molecule has 0 aliphatic heterocycles. The number of halogens is 3. The number of amides is 1. The number of carbonyl (C=O) groups excluding carboxylic acids is 1. The molecular formula is C15H14F3N5O. The Kier molecular flexibility index (Phi) is 3.58. The molecule has 0 atom stereocenters. The quantitative estimate of drug-likeness (QED) is 0.754. The van der Waals surface area contributed by atoms with Gasteiger partial charge in [0.2, 0.25) is 5.82 Å². The van der Waals surface area contributed by atoms with Gasteiger partial charge in [-0.2, -0.15) is 18.3 Å². The highest BCUT2D eigenvalue weighted by molar-refractivity contribution is 6.06. The number of nitrogens with zero attached hydrogens (tertiary/aromatic N) is 3. The first kappa shape index (κ1) is 16.0. The molecule has 2 N–H and O–H groups in total. The van der Waals surface area contributed by atoms with Crippen LogP contribution in [0.25, 0.3) is 11.0 Å². The second kappa shape index (κ2) is 5.36. The molecule has 2 aromatic heterocycles. The molecule has 3 rings (SSSR count). The Labute approximate surface area is 134 Å². The van der Waals surface area contributed by atoms with E-state index in [4.69, 9.17) is 0 Å². The standard InChI is InChI=1S/C15H14F3N5O/c1-7-12(8(2)23(3)22-7)21-13(24)9-4-5-10-11(6-9)20-14(19-10)15(16,17)18/h4-6H,1-3H3,(H,19,20)(H,21,24). The highest BCUT2D eigenvalue weighted by Crippen LogP contribution is 2.29. The van der Waals surface area contributed by atoms with Crippen molar-refractivity contribution in [1.82, 2.24) is 19.7 Å². The lowest BCUT2D eigenvalue weighted by Crippen LogP contribution is -2.13. The summed E-state index contributed by atoms with van der Waals surface area (Å²) in [5.41, 5.74) is 2.54. The van der Waals surface area contributed by atoms with Gasteiger partial charge in [-0.1, -0.05) is 0 Å². The molecule has 0 fully saturated rings. The van der Waals surface area contributed by atoms with Gasteiger partial charge in [-0.15, -0.1) is 0 Å². The molecule has 0 aliphatic carbocycles. The van der Waals surface area contributed by atoms with Crippen molar-refractivity contribution in [2.24, 2.45) is 7.05 Å². The number of rotatable bonds is 2. The van der Waals surface area contributed by atoms with E-state index in [0.717, 1.165) is 5.69 Å². The average molecular weight is 337 g/mol. The normalized spacial score (nSPS) is 11.9. The number of carbonyl (C=O) groups is 1. The number of aromatic nitrogens is 4. The number of imidazole rings is 1. The van der Waals surface area contributed by atoms with E-state index in [1.165, 1.54) is 18.2 Å². The van der Waals surface area contributed by atoms with E-state index in [0.29, 0.717) is 11.4 Å². The predicted octanol–water partition coefficient (Wildman–Crippen LogP) is 3.18. The summed E-state index contributed by atoms with van der Waals surface area (Å²) in [6.07, 6.45) is -4.56. The monoisotopic (exact) mass is 337 g/mol. The summed E-state index contributed by atoms with van der Waals surface area (Å²) >= 11 is 0. The van der Waals surface area contributed by atoms with Crippen molar-refractivity contribution in [1.29, 1.82) is 0 Å². The summed E-state index contributed by atoms with van der Waals surface area (Å²) in [6, 6.07) is 4.15. The number of alkyl halides is 3. The molecule has 6 nitrogen and oxygen atoms in total. The Morgan fingerprint density at radius 3 is 2.58 bits per heavy atom. The highest BCUT2D eigenvalue weighted by atomic mass is 19.4. The number of fused-ring (bicyclic) bond motifs is 1. The van der Waals surface area contributed by atoms with Gasteiger partial charge in [0.05, 0.1) is 28.1 Å². The van der Waals surface area contributed by atoms with Crippen LogP contribution in [0.3, 0.4) is 0 Å². The van der Waals surface area contributed by atoms with Crippen molar-refractivity contribution >= 4 is 22.6 Å². The lowest BCUT2D eigenvalue weighted by molar-refractivity contribution is -0.144. The highest BCUT2D eigenvalue weighted by Gasteiger charge is 2.34. The molecule has 3 aromatic rings.